The molecular formula is C15H28N2O5. The van der Waals surface area contributed by atoms with Crippen molar-refractivity contribution in [1.29, 1.82) is 0 Å². The van der Waals surface area contributed by atoms with Crippen molar-refractivity contribution in [1.82, 2.24) is 10.2 Å². The molecule has 0 aliphatic carbocycles. The fourth-order valence-electron chi connectivity index (χ4n) is 2.15. The summed E-state index contributed by atoms with van der Waals surface area (Å²) in [4.78, 5) is 25.4. The first-order chi connectivity index (χ1) is 9.91. The summed E-state index contributed by atoms with van der Waals surface area (Å²) >= 11 is 0. The van der Waals surface area contributed by atoms with Crippen molar-refractivity contribution in [2.24, 2.45) is 5.92 Å². The quantitative estimate of drug-likeness (QED) is 0.810. The maximum absolute atomic E-state index is 12.1. The number of alkyl carbamates (subject to hydrolysis) is 1. The lowest BCUT2D eigenvalue weighted by atomic mass is 10.1. The third-order valence-corrected chi connectivity index (χ3v) is 3.03. The molecule has 1 saturated heterocycles. The van der Waals surface area contributed by atoms with E-state index in [1.807, 2.05) is 0 Å². The molecule has 0 radical (unpaired) electrons. The highest BCUT2D eigenvalue weighted by molar-refractivity contribution is 5.70. The van der Waals surface area contributed by atoms with E-state index < -0.39 is 23.4 Å². The van der Waals surface area contributed by atoms with E-state index in [1.165, 1.54) is 4.90 Å². The van der Waals surface area contributed by atoms with Crippen LogP contribution >= 0.6 is 0 Å². The third-order valence-electron chi connectivity index (χ3n) is 3.03. The van der Waals surface area contributed by atoms with Gasteiger partial charge in [-0.2, -0.15) is 0 Å². The number of aliphatic hydroxyl groups is 1. The predicted molar refractivity (Wildman–Crippen MR) is 81.5 cm³/mol. The Morgan fingerprint density at radius 3 is 2.09 bits per heavy atom. The monoisotopic (exact) mass is 316 g/mol. The van der Waals surface area contributed by atoms with Crippen LogP contribution in [0.2, 0.25) is 0 Å². The zero-order chi connectivity index (χ0) is 17.1. The lowest BCUT2D eigenvalue weighted by Crippen LogP contribution is -2.44. The molecule has 1 heterocycles. The number of aliphatic hydroxyl groups excluding tert-OH is 1. The second kappa shape index (κ2) is 6.73. The first kappa shape index (κ1) is 18.5. The van der Waals surface area contributed by atoms with Gasteiger partial charge in [-0.05, 0) is 41.5 Å². The van der Waals surface area contributed by atoms with Crippen LogP contribution in [-0.2, 0) is 9.47 Å². The molecule has 1 aliphatic rings. The van der Waals surface area contributed by atoms with E-state index in [0.717, 1.165) is 0 Å². The van der Waals surface area contributed by atoms with Crippen LogP contribution in [0, 0.1) is 5.92 Å². The highest BCUT2D eigenvalue weighted by Crippen LogP contribution is 2.20. The molecule has 7 nitrogen and oxygen atoms in total. The summed E-state index contributed by atoms with van der Waals surface area (Å²) in [6, 6.07) is -0.354. The van der Waals surface area contributed by atoms with Crippen LogP contribution in [0.1, 0.15) is 41.5 Å². The first-order valence-electron chi connectivity index (χ1n) is 7.49. The van der Waals surface area contributed by atoms with Crippen LogP contribution in [0.25, 0.3) is 0 Å². The smallest absolute Gasteiger partial charge is 0.410 e. The second-order valence-corrected chi connectivity index (χ2v) is 7.58. The Labute approximate surface area is 131 Å². The maximum Gasteiger partial charge on any atom is 0.410 e. The van der Waals surface area contributed by atoms with Gasteiger partial charge in [0.2, 0.25) is 0 Å². The van der Waals surface area contributed by atoms with E-state index in [-0.39, 0.29) is 18.6 Å². The summed E-state index contributed by atoms with van der Waals surface area (Å²) in [5, 5.41) is 12.2. The van der Waals surface area contributed by atoms with Gasteiger partial charge in [-0.1, -0.05) is 0 Å². The van der Waals surface area contributed by atoms with Gasteiger partial charge in [0.1, 0.15) is 11.2 Å². The zero-order valence-corrected chi connectivity index (χ0v) is 14.3. The third kappa shape index (κ3) is 6.09. The molecule has 7 heteroatoms. The summed E-state index contributed by atoms with van der Waals surface area (Å²) < 4.78 is 10.5. The second-order valence-electron chi connectivity index (χ2n) is 7.58. The van der Waals surface area contributed by atoms with Gasteiger partial charge in [0.05, 0.1) is 6.04 Å². The van der Waals surface area contributed by atoms with Crippen LogP contribution in [0.4, 0.5) is 9.59 Å². The van der Waals surface area contributed by atoms with Crippen molar-refractivity contribution < 1.29 is 24.2 Å². The number of nitrogens with one attached hydrogen (secondary N) is 1. The zero-order valence-electron chi connectivity index (χ0n) is 14.3. The average molecular weight is 316 g/mol. The molecule has 0 aromatic heterocycles. The number of carbonyl (C=O) groups excluding carboxylic acids is 2. The summed E-state index contributed by atoms with van der Waals surface area (Å²) in [5.41, 5.74) is -1.18. The maximum atomic E-state index is 12.1. The van der Waals surface area contributed by atoms with Crippen LogP contribution in [0.5, 0.6) is 0 Å². The van der Waals surface area contributed by atoms with Crippen molar-refractivity contribution in [3.8, 4) is 0 Å². The van der Waals surface area contributed by atoms with Gasteiger partial charge in [-0.15, -0.1) is 0 Å². The van der Waals surface area contributed by atoms with Crippen molar-refractivity contribution in [2.75, 3.05) is 19.7 Å². The minimum atomic E-state index is -0.595. The highest BCUT2D eigenvalue weighted by Gasteiger charge is 2.38. The Hall–Kier alpha value is -1.50. The topological polar surface area (TPSA) is 88.1 Å². The van der Waals surface area contributed by atoms with Gasteiger partial charge in [0.25, 0.3) is 0 Å². The largest absolute Gasteiger partial charge is 0.444 e. The lowest BCUT2D eigenvalue weighted by molar-refractivity contribution is 0.0277. The minimum Gasteiger partial charge on any atom is -0.444 e. The first-order valence-corrected chi connectivity index (χ1v) is 7.49. The van der Waals surface area contributed by atoms with Crippen molar-refractivity contribution in [3.63, 3.8) is 0 Å². The normalized spacial score (nSPS) is 22.4. The molecule has 0 unspecified atom stereocenters. The molecule has 1 fully saturated rings. The van der Waals surface area contributed by atoms with Crippen molar-refractivity contribution >= 4 is 12.2 Å². The number of hydrogen-bond donors (Lipinski definition) is 2. The molecule has 2 N–H and O–H groups in total. The molecule has 2 amide bonds. The van der Waals surface area contributed by atoms with E-state index in [0.29, 0.717) is 13.1 Å². The van der Waals surface area contributed by atoms with Crippen LogP contribution < -0.4 is 5.32 Å². The van der Waals surface area contributed by atoms with Crippen LogP contribution in [-0.4, -0.2) is 59.1 Å². The van der Waals surface area contributed by atoms with Crippen LogP contribution in [0.3, 0.4) is 0 Å². The Morgan fingerprint density at radius 1 is 1.09 bits per heavy atom. The number of nitrogens with zero attached hydrogens (tertiary/aromatic N) is 1. The summed E-state index contributed by atoms with van der Waals surface area (Å²) in [6.45, 7) is 11.2. The van der Waals surface area contributed by atoms with Crippen LogP contribution in [0.15, 0.2) is 0 Å². The molecule has 0 saturated carbocycles. The Kier molecular flexibility index (Phi) is 5.67. The highest BCUT2D eigenvalue weighted by atomic mass is 16.6. The van der Waals surface area contributed by atoms with Gasteiger partial charge in [-0.25, -0.2) is 9.59 Å². The molecule has 0 aromatic rings. The number of rotatable bonds is 2. The fraction of sp³-hybridized carbons (Fsp3) is 0.867. The summed E-state index contributed by atoms with van der Waals surface area (Å²) in [7, 11) is 0. The van der Waals surface area contributed by atoms with Gasteiger partial charge in [0, 0.05) is 25.6 Å². The standard InChI is InChI=1S/C15H28N2O5/c1-14(2,3)21-12(19)16-11-8-17(7-10(11)9-18)13(20)22-15(4,5)6/h10-11,18H,7-9H2,1-6H3,(H,16,19)/t10-,11+/m1/s1. The van der Waals surface area contributed by atoms with Crippen molar-refractivity contribution in [3.05, 3.63) is 0 Å². The predicted octanol–water partition coefficient (Wildman–Crippen LogP) is 1.74. The molecule has 0 spiro atoms. The molecule has 0 aromatic carbocycles. The number of ether oxygens (including phenoxy) is 2. The SMILES string of the molecule is CC(C)(C)OC(=O)N[C@H]1CN(C(=O)OC(C)(C)C)C[C@@H]1CO. The lowest BCUT2D eigenvalue weighted by Gasteiger charge is -2.25. The summed E-state index contributed by atoms with van der Waals surface area (Å²) in [5.74, 6) is -0.236. The Morgan fingerprint density at radius 2 is 1.64 bits per heavy atom. The average Bonchev–Trinajstić information content (AvgIpc) is 2.67. The Bertz CT molecular complexity index is 411. The van der Waals surface area contributed by atoms with Crippen molar-refractivity contribution in [2.45, 2.75) is 58.8 Å². The number of likely N-dealkylation sites (tertiary alicyclic amines) is 1. The molecule has 2 atom stereocenters. The van der Waals surface area contributed by atoms with E-state index in [1.54, 1.807) is 41.5 Å². The van der Waals surface area contributed by atoms with E-state index in [9.17, 15) is 14.7 Å². The van der Waals surface area contributed by atoms with Gasteiger partial charge < -0.3 is 24.8 Å². The molecule has 1 aliphatic heterocycles. The molecule has 1 rings (SSSR count). The molecule has 22 heavy (non-hydrogen) atoms. The molecule has 128 valence electrons. The number of amides is 2. The molecular weight excluding hydrogens is 288 g/mol. The van der Waals surface area contributed by atoms with Gasteiger partial charge in [-0.3, -0.25) is 0 Å². The molecule has 0 bridgehead atoms. The van der Waals surface area contributed by atoms with Gasteiger partial charge in [0.15, 0.2) is 0 Å². The number of hydrogen-bond acceptors (Lipinski definition) is 5. The number of carbonyl (C=O) groups is 2. The van der Waals surface area contributed by atoms with E-state index in [4.69, 9.17) is 9.47 Å². The fourth-order valence-corrected chi connectivity index (χ4v) is 2.15. The van der Waals surface area contributed by atoms with Gasteiger partial charge >= 0.3 is 12.2 Å². The summed E-state index contributed by atoms with van der Waals surface area (Å²) in [6.07, 6.45) is -0.999. The Balaban J connectivity index is 2.62. The van der Waals surface area contributed by atoms with E-state index >= 15 is 0 Å². The minimum absolute atomic E-state index is 0.125. The van der Waals surface area contributed by atoms with E-state index in [2.05, 4.69) is 5.32 Å².